The highest BCUT2D eigenvalue weighted by Gasteiger charge is 2.36. The van der Waals surface area contributed by atoms with Crippen LogP contribution in [0.3, 0.4) is 0 Å². The van der Waals surface area contributed by atoms with E-state index in [0.29, 0.717) is 12.2 Å². The summed E-state index contributed by atoms with van der Waals surface area (Å²) in [5, 5.41) is 0. The normalized spacial score (nSPS) is 13.7. The van der Waals surface area contributed by atoms with Crippen LogP contribution in [0, 0.1) is 0 Å². The van der Waals surface area contributed by atoms with Crippen LogP contribution in [0.1, 0.15) is 37.8 Å². The lowest BCUT2D eigenvalue weighted by Crippen LogP contribution is -2.35. The minimum Gasteiger partial charge on any atom is -0.383 e. The predicted molar refractivity (Wildman–Crippen MR) is 73.1 cm³/mol. The Morgan fingerprint density at radius 1 is 1.30 bits per heavy atom. The topological polar surface area (TPSA) is 25.4 Å². The van der Waals surface area contributed by atoms with E-state index in [1.165, 1.54) is 24.3 Å². The van der Waals surface area contributed by atoms with E-state index in [1.807, 2.05) is 13.8 Å². The Kier molecular flexibility index (Phi) is 5.39. The first-order chi connectivity index (χ1) is 9.18. The van der Waals surface area contributed by atoms with Gasteiger partial charge < -0.3 is 9.64 Å². The molecule has 3 nitrogen and oxygen atoms in total. The Hall–Kier alpha value is -1.30. The van der Waals surface area contributed by atoms with Crippen LogP contribution >= 0.6 is 0 Å². The first-order valence-corrected chi connectivity index (χ1v) is 6.47. The van der Waals surface area contributed by atoms with Crippen LogP contribution in [0.25, 0.3) is 0 Å². The number of ether oxygens (including phenoxy) is 1. The molecule has 1 heterocycles. The van der Waals surface area contributed by atoms with Crippen LogP contribution in [0.15, 0.2) is 12.3 Å². The smallest absolute Gasteiger partial charge is 0.383 e. The molecule has 1 aromatic rings. The lowest BCUT2D eigenvalue weighted by Gasteiger charge is -2.28. The number of aromatic nitrogens is 1. The summed E-state index contributed by atoms with van der Waals surface area (Å²) in [4.78, 5) is 5.52. The average molecular weight is 290 g/mol. The van der Waals surface area contributed by atoms with Crippen LogP contribution in [0.4, 0.5) is 19.0 Å². The van der Waals surface area contributed by atoms with Crippen molar-refractivity contribution in [2.45, 2.75) is 38.9 Å². The second kappa shape index (κ2) is 6.43. The summed E-state index contributed by atoms with van der Waals surface area (Å²) in [6, 6.07) is 0.988. The standard InChI is InChI=1S/C14H21F3N2O/c1-9(2)11-6-12(14(15,16)17)13(18-7-11)19(4)10(3)8-20-5/h6-7,9-10H,8H2,1-5H3. The molecule has 114 valence electrons. The molecule has 0 N–H and O–H groups in total. The maximum Gasteiger partial charge on any atom is 0.419 e. The number of likely N-dealkylation sites (N-methyl/N-ethyl adjacent to an activating group) is 1. The van der Waals surface area contributed by atoms with Gasteiger partial charge in [-0.3, -0.25) is 0 Å². The summed E-state index contributed by atoms with van der Waals surface area (Å²) in [5.41, 5.74) is -0.122. The van der Waals surface area contributed by atoms with E-state index in [0.717, 1.165) is 0 Å². The maximum atomic E-state index is 13.2. The van der Waals surface area contributed by atoms with Crippen molar-refractivity contribution in [2.24, 2.45) is 0 Å². The minimum atomic E-state index is -4.42. The third kappa shape index (κ3) is 3.85. The van der Waals surface area contributed by atoms with Gasteiger partial charge in [-0.2, -0.15) is 13.2 Å². The third-order valence-electron chi connectivity index (χ3n) is 3.26. The van der Waals surface area contributed by atoms with E-state index in [-0.39, 0.29) is 17.8 Å². The monoisotopic (exact) mass is 290 g/mol. The molecule has 0 saturated heterocycles. The molecule has 0 aromatic carbocycles. The zero-order valence-electron chi connectivity index (χ0n) is 12.5. The summed E-state index contributed by atoms with van der Waals surface area (Å²) in [6.45, 7) is 5.81. The SMILES string of the molecule is COCC(C)N(C)c1ncc(C(C)C)cc1C(F)(F)F. The van der Waals surface area contributed by atoms with Gasteiger partial charge >= 0.3 is 6.18 Å². The molecule has 1 aromatic heterocycles. The quantitative estimate of drug-likeness (QED) is 0.827. The number of pyridine rings is 1. The molecular formula is C14H21F3N2O. The molecule has 0 aliphatic heterocycles. The van der Waals surface area contributed by atoms with Crippen molar-refractivity contribution in [1.29, 1.82) is 0 Å². The predicted octanol–water partition coefficient (Wildman–Crippen LogP) is 3.69. The average Bonchev–Trinajstić information content (AvgIpc) is 2.36. The Morgan fingerprint density at radius 3 is 2.35 bits per heavy atom. The van der Waals surface area contributed by atoms with Crippen molar-refractivity contribution in [3.8, 4) is 0 Å². The van der Waals surface area contributed by atoms with E-state index < -0.39 is 11.7 Å². The molecule has 20 heavy (non-hydrogen) atoms. The van der Waals surface area contributed by atoms with Gasteiger partial charge in [-0.15, -0.1) is 0 Å². The first kappa shape index (κ1) is 16.8. The molecule has 0 aliphatic rings. The third-order valence-corrected chi connectivity index (χ3v) is 3.26. The number of hydrogen-bond donors (Lipinski definition) is 0. The van der Waals surface area contributed by atoms with Crippen molar-refractivity contribution < 1.29 is 17.9 Å². The largest absolute Gasteiger partial charge is 0.419 e. The van der Waals surface area contributed by atoms with Gasteiger partial charge in [-0.25, -0.2) is 4.98 Å². The van der Waals surface area contributed by atoms with Gasteiger partial charge in [0.1, 0.15) is 5.82 Å². The Labute approximate surface area is 117 Å². The molecule has 0 amide bonds. The van der Waals surface area contributed by atoms with E-state index in [4.69, 9.17) is 4.74 Å². The number of halogens is 3. The number of alkyl halides is 3. The zero-order chi connectivity index (χ0) is 15.5. The van der Waals surface area contributed by atoms with Crippen LogP contribution in [0.2, 0.25) is 0 Å². The Balaban J connectivity index is 3.25. The molecule has 1 atom stereocenters. The van der Waals surface area contributed by atoms with Gasteiger partial charge in [0.25, 0.3) is 0 Å². The van der Waals surface area contributed by atoms with E-state index in [9.17, 15) is 13.2 Å². The first-order valence-electron chi connectivity index (χ1n) is 6.47. The highest BCUT2D eigenvalue weighted by molar-refractivity contribution is 5.50. The molecule has 0 saturated carbocycles. The summed E-state index contributed by atoms with van der Waals surface area (Å²) >= 11 is 0. The molecule has 0 aliphatic carbocycles. The fourth-order valence-corrected chi connectivity index (χ4v) is 1.84. The van der Waals surface area contributed by atoms with E-state index in [2.05, 4.69) is 4.98 Å². The molecule has 0 bridgehead atoms. The highest BCUT2D eigenvalue weighted by atomic mass is 19.4. The number of anilines is 1. The number of rotatable bonds is 5. The second-order valence-corrected chi connectivity index (χ2v) is 5.21. The van der Waals surface area contributed by atoms with Crippen LogP contribution in [-0.4, -0.2) is 31.8 Å². The van der Waals surface area contributed by atoms with Crippen molar-refractivity contribution in [1.82, 2.24) is 4.98 Å². The minimum absolute atomic E-state index is 0.000597. The van der Waals surface area contributed by atoms with Crippen LogP contribution in [-0.2, 0) is 10.9 Å². The molecule has 1 rings (SSSR count). The molecular weight excluding hydrogens is 269 g/mol. The van der Waals surface area contributed by atoms with Gasteiger partial charge in [-0.1, -0.05) is 13.8 Å². The van der Waals surface area contributed by atoms with Crippen LogP contribution < -0.4 is 4.90 Å². The van der Waals surface area contributed by atoms with E-state index >= 15 is 0 Å². The lowest BCUT2D eigenvalue weighted by molar-refractivity contribution is -0.137. The molecule has 1 unspecified atom stereocenters. The summed E-state index contributed by atoms with van der Waals surface area (Å²) < 4.78 is 44.6. The Morgan fingerprint density at radius 2 is 1.90 bits per heavy atom. The molecule has 0 fully saturated rings. The molecule has 0 radical (unpaired) electrons. The number of nitrogens with zero attached hydrogens (tertiary/aromatic N) is 2. The highest BCUT2D eigenvalue weighted by Crippen LogP contribution is 2.37. The van der Waals surface area contributed by atoms with Gasteiger partial charge in [-0.05, 0) is 24.5 Å². The zero-order valence-corrected chi connectivity index (χ0v) is 12.5. The van der Waals surface area contributed by atoms with Crippen molar-refractivity contribution in [2.75, 3.05) is 25.7 Å². The van der Waals surface area contributed by atoms with Gasteiger partial charge in [0.05, 0.1) is 18.2 Å². The summed E-state index contributed by atoms with van der Waals surface area (Å²) in [7, 11) is 3.11. The van der Waals surface area contributed by atoms with Gasteiger partial charge in [0, 0.05) is 20.4 Å². The maximum absolute atomic E-state index is 13.2. The van der Waals surface area contributed by atoms with Crippen molar-refractivity contribution in [3.63, 3.8) is 0 Å². The lowest BCUT2D eigenvalue weighted by atomic mass is 10.0. The second-order valence-electron chi connectivity index (χ2n) is 5.21. The summed E-state index contributed by atoms with van der Waals surface area (Å²) in [5.74, 6) is -0.0641. The fourth-order valence-electron chi connectivity index (χ4n) is 1.84. The van der Waals surface area contributed by atoms with Crippen molar-refractivity contribution in [3.05, 3.63) is 23.4 Å². The fraction of sp³-hybridized carbons (Fsp3) is 0.643. The van der Waals surface area contributed by atoms with Gasteiger partial charge in [0.15, 0.2) is 0 Å². The number of methoxy groups -OCH3 is 1. The van der Waals surface area contributed by atoms with E-state index in [1.54, 1.807) is 14.0 Å². The van der Waals surface area contributed by atoms with Gasteiger partial charge in [0.2, 0.25) is 0 Å². The van der Waals surface area contributed by atoms with Crippen molar-refractivity contribution >= 4 is 5.82 Å². The summed E-state index contributed by atoms with van der Waals surface area (Å²) in [6.07, 6.45) is -2.92. The molecule has 6 heteroatoms. The van der Waals surface area contributed by atoms with Crippen LogP contribution in [0.5, 0.6) is 0 Å². The number of hydrogen-bond acceptors (Lipinski definition) is 3. The Bertz CT molecular complexity index is 447. The molecule has 0 spiro atoms.